The van der Waals surface area contributed by atoms with Crippen molar-refractivity contribution in [3.8, 4) is 0 Å². The number of rotatable bonds is 28. The molecule has 0 bridgehead atoms. The summed E-state index contributed by atoms with van der Waals surface area (Å²) in [4.78, 5) is 12.1. The van der Waals surface area contributed by atoms with Crippen LogP contribution < -0.4 is 0 Å². The van der Waals surface area contributed by atoms with Crippen LogP contribution in [0.2, 0.25) is 51.4 Å². The van der Waals surface area contributed by atoms with Gasteiger partial charge < -0.3 is 18.4 Å². The Morgan fingerprint density at radius 1 is 0.524 bits per heavy atom. The fraction of sp³-hybridized carbons (Fsp3) is 0.875. The number of carboxylic acids is 1. The molecule has 0 rings (SSSR count). The lowest BCUT2D eigenvalue weighted by atomic mass is 10.0. The van der Waals surface area contributed by atoms with Gasteiger partial charge in [0.2, 0.25) is 0 Å². The van der Waals surface area contributed by atoms with E-state index in [9.17, 15) is 75.8 Å². The van der Waals surface area contributed by atoms with Gasteiger partial charge in [-0.15, -0.1) is 6.58 Å². The van der Waals surface area contributed by atoms with Crippen molar-refractivity contribution in [3.05, 3.63) is 24.8 Å². The monoisotopic (exact) mass is 996 g/mol. The van der Waals surface area contributed by atoms with Crippen molar-refractivity contribution in [3.63, 3.8) is 0 Å². The van der Waals surface area contributed by atoms with Crippen molar-refractivity contribution < 1.29 is 89.0 Å². The molecule has 0 aromatic heterocycles. The summed E-state index contributed by atoms with van der Waals surface area (Å²) in [6, 6.07) is -2.45. The van der Waals surface area contributed by atoms with Crippen molar-refractivity contribution in [2.24, 2.45) is 0 Å². The molecule has 0 saturated heterocycles. The van der Waals surface area contributed by atoms with Crippen LogP contribution in [-0.4, -0.2) is 90.6 Å². The van der Waals surface area contributed by atoms with E-state index < -0.39 is 163 Å². The number of alkyl halides is 15. The number of carboxylic acid groups (broad SMARTS) is 1. The van der Waals surface area contributed by atoms with Crippen molar-refractivity contribution in [2.75, 3.05) is 0 Å². The molecule has 0 radical (unpaired) electrons. The van der Waals surface area contributed by atoms with Crippen molar-refractivity contribution in [1.29, 1.82) is 0 Å². The SMILES string of the molecule is C=CC[C@H](C[C@@H](O[Si](CCC(F)(F)C(F)(F)F)(C(C)C)C(C)C)[C@@H](C=CC(=O)O)O[Si](CCC(F)(F)C(F)(F)F)(C(C)C)C(C)C)O[Si](CCC(F)(F)C(F)(F)F)(C(C)C)C(C)C. The molecule has 5 nitrogen and oxygen atoms in total. The van der Waals surface area contributed by atoms with Crippen LogP contribution in [-0.2, 0) is 18.1 Å². The first kappa shape index (κ1) is 61.4. The summed E-state index contributed by atoms with van der Waals surface area (Å²) in [7, 11) is -11.9. The van der Waals surface area contributed by atoms with E-state index >= 15 is 0 Å². The highest BCUT2D eigenvalue weighted by Gasteiger charge is 2.62. The third kappa shape index (κ3) is 16.0. The van der Waals surface area contributed by atoms with Gasteiger partial charge in [0, 0.05) is 31.8 Å². The van der Waals surface area contributed by atoms with E-state index in [1.54, 1.807) is 27.7 Å². The standard InChI is InChI=1S/C40H67F15O5Si3/c1-14-15-31(58-61(25(2)3,26(4)5)21-18-35(41,42)38(47,48)49)24-33(60-63(29(10)11,30(12)13)23-20-37(45,46)40(53,54)55)32(16-17-34(56)57)59-62(27(6)7,28(8)9)22-19-36(43,44)39(50,51)52/h14,16-17,25-33H,1,15,18-24H2,2-13H3,(H,56,57)/t31-,32-,33-/m1/s1. The average molecular weight is 997 g/mol. The Hall–Kier alpha value is -1.57. The summed E-state index contributed by atoms with van der Waals surface area (Å²) >= 11 is 0. The lowest BCUT2D eigenvalue weighted by Gasteiger charge is -2.48. The molecule has 23 heteroatoms. The Bertz CT molecular complexity index is 1420. The first-order valence-corrected chi connectivity index (χ1v) is 27.8. The molecule has 0 saturated carbocycles. The van der Waals surface area contributed by atoms with Gasteiger partial charge in [-0.25, -0.2) is 4.79 Å². The topological polar surface area (TPSA) is 65.0 Å². The molecule has 0 aliphatic rings. The van der Waals surface area contributed by atoms with E-state index in [4.69, 9.17) is 13.3 Å². The molecule has 0 unspecified atom stereocenters. The highest BCUT2D eigenvalue weighted by Crippen LogP contribution is 2.50. The highest BCUT2D eigenvalue weighted by molar-refractivity contribution is 6.77. The Kier molecular flexibility index (Phi) is 22.4. The molecule has 0 amide bonds. The number of hydrogen-bond acceptors (Lipinski definition) is 4. The second-order valence-corrected chi connectivity index (χ2v) is 33.2. The number of hydrogen-bond donors (Lipinski definition) is 1. The van der Waals surface area contributed by atoms with E-state index in [1.807, 2.05) is 0 Å². The Labute approximate surface area is 365 Å². The largest absolute Gasteiger partial charge is 0.478 e. The minimum atomic E-state index is -5.97. The molecule has 374 valence electrons. The Balaban J connectivity index is 8.36. The quantitative estimate of drug-likeness (QED) is 0.0366. The number of carbonyl (C=O) groups is 1. The van der Waals surface area contributed by atoms with Crippen molar-refractivity contribution in [2.45, 2.75) is 221 Å². The van der Waals surface area contributed by atoms with Gasteiger partial charge in [-0.05, 0) is 63.9 Å². The maximum atomic E-state index is 14.7. The van der Waals surface area contributed by atoms with E-state index in [-0.39, 0.29) is 6.42 Å². The van der Waals surface area contributed by atoms with Gasteiger partial charge in [0.1, 0.15) is 0 Å². The van der Waals surface area contributed by atoms with Gasteiger partial charge in [0.25, 0.3) is 0 Å². The lowest BCUT2D eigenvalue weighted by molar-refractivity contribution is -0.283. The fourth-order valence-electron chi connectivity index (χ4n) is 8.36. The minimum Gasteiger partial charge on any atom is -0.478 e. The normalized spacial score (nSPS) is 16.4. The summed E-state index contributed by atoms with van der Waals surface area (Å²) in [5.74, 6) is -17.1. The zero-order valence-electron chi connectivity index (χ0n) is 38.0. The number of halogens is 15. The molecular formula is C40H67F15O5Si3. The summed E-state index contributed by atoms with van der Waals surface area (Å²) < 4.78 is 229. The van der Waals surface area contributed by atoms with Crippen LogP contribution in [0.25, 0.3) is 0 Å². The van der Waals surface area contributed by atoms with Gasteiger partial charge >= 0.3 is 42.3 Å². The smallest absolute Gasteiger partial charge is 0.453 e. The summed E-state index contributed by atoms with van der Waals surface area (Å²) in [5, 5.41) is 9.79. The van der Waals surface area contributed by atoms with E-state index in [2.05, 4.69) is 6.58 Å². The van der Waals surface area contributed by atoms with E-state index in [0.717, 1.165) is 6.08 Å². The van der Waals surface area contributed by atoms with Crippen LogP contribution in [0.1, 0.15) is 115 Å². The second kappa shape index (κ2) is 23.0. The molecule has 0 aliphatic carbocycles. The number of aliphatic carboxylic acids is 1. The first-order valence-electron chi connectivity index (χ1n) is 20.9. The molecule has 0 fully saturated rings. The predicted octanol–water partition coefficient (Wildman–Crippen LogP) is 15.8. The van der Waals surface area contributed by atoms with Crippen LogP contribution in [0.3, 0.4) is 0 Å². The van der Waals surface area contributed by atoms with Gasteiger partial charge in [-0.1, -0.05) is 89.2 Å². The van der Waals surface area contributed by atoms with Gasteiger partial charge in [-0.3, -0.25) is 0 Å². The first-order chi connectivity index (χ1) is 28.1. The van der Waals surface area contributed by atoms with Crippen molar-refractivity contribution >= 4 is 30.9 Å². The van der Waals surface area contributed by atoms with E-state index in [0.29, 0.717) is 6.08 Å². The molecule has 63 heavy (non-hydrogen) atoms. The average Bonchev–Trinajstić information content (AvgIpc) is 3.08. The second-order valence-electron chi connectivity index (χ2n) is 18.3. The van der Waals surface area contributed by atoms with Crippen LogP contribution >= 0.6 is 0 Å². The summed E-state index contributed by atoms with van der Waals surface area (Å²) in [6.07, 6.45) is -25.6. The molecule has 1 N–H and O–H groups in total. The molecule has 0 aromatic rings. The summed E-state index contributed by atoms with van der Waals surface area (Å²) in [6.45, 7) is 22.0. The Morgan fingerprint density at radius 2 is 0.810 bits per heavy atom. The fourth-order valence-corrected chi connectivity index (χ4v) is 22.3. The molecule has 0 spiro atoms. The predicted molar refractivity (Wildman–Crippen MR) is 220 cm³/mol. The maximum absolute atomic E-state index is 14.7. The highest BCUT2D eigenvalue weighted by atomic mass is 28.4. The van der Waals surface area contributed by atoms with Crippen molar-refractivity contribution in [1.82, 2.24) is 0 Å². The lowest BCUT2D eigenvalue weighted by Crippen LogP contribution is -2.56. The van der Waals surface area contributed by atoms with Crippen LogP contribution in [0, 0.1) is 0 Å². The molecule has 3 atom stereocenters. The Morgan fingerprint density at radius 3 is 1.06 bits per heavy atom. The third-order valence-corrected chi connectivity index (χ3v) is 29.5. The zero-order valence-corrected chi connectivity index (χ0v) is 41.0. The molecule has 0 aliphatic heterocycles. The van der Waals surface area contributed by atoms with Gasteiger partial charge in [-0.2, -0.15) is 65.9 Å². The van der Waals surface area contributed by atoms with Crippen LogP contribution in [0.4, 0.5) is 65.9 Å². The maximum Gasteiger partial charge on any atom is 0.453 e. The summed E-state index contributed by atoms with van der Waals surface area (Å²) in [5.41, 5.74) is -4.40. The van der Waals surface area contributed by atoms with E-state index in [1.165, 1.54) is 61.5 Å². The minimum absolute atomic E-state index is 0.197. The zero-order chi connectivity index (χ0) is 50.2. The van der Waals surface area contributed by atoms with Crippen LogP contribution in [0.5, 0.6) is 0 Å². The molecule has 0 heterocycles. The molecule has 0 aromatic carbocycles. The van der Waals surface area contributed by atoms with Gasteiger partial charge in [0.05, 0.1) is 18.3 Å². The molecular weight excluding hydrogens is 930 g/mol. The van der Waals surface area contributed by atoms with Gasteiger partial charge in [0.15, 0.2) is 25.0 Å². The van der Waals surface area contributed by atoms with Crippen LogP contribution in [0.15, 0.2) is 24.8 Å². The third-order valence-electron chi connectivity index (χ3n) is 12.4.